The summed E-state index contributed by atoms with van der Waals surface area (Å²) in [5.74, 6) is 1.46. The Bertz CT molecular complexity index is 365. The Labute approximate surface area is 102 Å². The molecule has 0 atom stereocenters. The third-order valence-electron chi connectivity index (χ3n) is 2.96. The van der Waals surface area contributed by atoms with Crippen LogP contribution in [0.3, 0.4) is 0 Å². The molecule has 0 aliphatic carbocycles. The predicted octanol–water partition coefficient (Wildman–Crippen LogP) is 0.504. The van der Waals surface area contributed by atoms with Crippen LogP contribution in [0, 0.1) is 0 Å². The maximum Gasteiger partial charge on any atom is 0.213 e. The summed E-state index contributed by atoms with van der Waals surface area (Å²) in [6, 6.07) is 1.95. The first-order chi connectivity index (χ1) is 8.33. The Morgan fingerprint density at radius 1 is 1.29 bits per heavy atom. The summed E-state index contributed by atoms with van der Waals surface area (Å²) in [5.41, 5.74) is 1.13. The van der Waals surface area contributed by atoms with E-state index in [4.69, 9.17) is 9.47 Å². The van der Waals surface area contributed by atoms with Gasteiger partial charge in [-0.25, -0.2) is 4.98 Å². The largest absolute Gasteiger partial charge is 0.495 e. The normalized spacial score (nSPS) is 16.8. The van der Waals surface area contributed by atoms with Crippen molar-refractivity contribution in [1.29, 1.82) is 0 Å². The van der Waals surface area contributed by atoms with E-state index in [1.165, 1.54) is 0 Å². The van der Waals surface area contributed by atoms with Crippen molar-refractivity contribution in [1.82, 2.24) is 15.2 Å². The molecule has 0 spiro atoms. The number of hydrogen-bond donors (Lipinski definition) is 1. The van der Waals surface area contributed by atoms with Gasteiger partial charge in [0, 0.05) is 44.4 Å². The second-order valence-corrected chi connectivity index (χ2v) is 4.06. The number of methoxy groups -OCH3 is 2. The van der Waals surface area contributed by atoms with Crippen LogP contribution in [0.25, 0.3) is 0 Å². The first-order valence-corrected chi connectivity index (χ1v) is 5.83. The van der Waals surface area contributed by atoms with Crippen LogP contribution in [0.15, 0.2) is 12.3 Å². The van der Waals surface area contributed by atoms with Crippen LogP contribution in [-0.4, -0.2) is 50.3 Å². The van der Waals surface area contributed by atoms with Gasteiger partial charge in [0.05, 0.1) is 20.4 Å². The first-order valence-electron chi connectivity index (χ1n) is 5.83. The number of ether oxygens (including phenoxy) is 2. The molecule has 1 saturated heterocycles. The number of piperazine rings is 1. The molecule has 5 heteroatoms. The fourth-order valence-corrected chi connectivity index (χ4v) is 1.99. The molecule has 0 unspecified atom stereocenters. The zero-order chi connectivity index (χ0) is 12.1. The molecule has 1 aliphatic rings. The number of nitrogens with zero attached hydrogens (tertiary/aromatic N) is 2. The van der Waals surface area contributed by atoms with E-state index in [-0.39, 0.29) is 0 Å². The summed E-state index contributed by atoms with van der Waals surface area (Å²) < 4.78 is 10.5. The number of hydrogen-bond acceptors (Lipinski definition) is 5. The van der Waals surface area contributed by atoms with E-state index in [0.717, 1.165) is 44.0 Å². The van der Waals surface area contributed by atoms with Gasteiger partial charge in [0.15, 0.2) is 0 Å². The molecular weight excluding hydrogens is 218 g/mol. The fourth-order valence-electron chi connectivity index (χ4n) is 1.99. The molecule has 0 saturated carbocycles. The summed E-state index contributed by atoms with van der Waals surface area (Å²) in [5, 5.41) is 3.34. The zero-order valence-electron chi connectivity index (χ0n) is 10.4. The predicted molar refractivity (Wildman–Crippen MR) is 65.5 cm³/mol. The lowest BCUT2D eigenvalue weighted by molar-refractivity contribution is 0.229. The Kier molecular flexibility index (Phi) is 4.17. The summed E-state index contributed by atoms with van der Waals surface area (Å²) in [6.07, 6.45) is 1.72. The Morgan fingerprint density at radius 2 is 2.06 bits per heavy atom. The highest BCUT2D eigenvalue weighted by molar-refractivity contribution is 5.34. The molecule has 1 fully saturated rings. The minimum atomic E-state index is 0.635. The lowest BCUT2D eigenvalue weighted by Crippen LogP contribution is -2.42. The van der Waals surface area contributed by atoms with Gasteiger partial charge in [0.2, 0.25) is 5.88 Å². The molecule has 1 aliphatic heterocycles. The van der Waals surface area contributed by atoms with Gasteiger partial charge in [0.1, 0.15) is 5.75 Å². The Hall–Kier alpha value is -1.33. The smallest absolute Gasteiger partial charge is 0.213 e. The SMILES string of the molecule is COc1cc(CN2CCNCC2)c(OC)cn1. The van der Waals surface area contributed by atoms with Crippen molar-refractivity contribution in [3.05, 3.63) is 17.8 Å². The molecule has 2 rings (SSSR count). The van der Waals surface area contributed by atoms with Crippen LogP contribution in [0.2, 0.25) is 0 Å². The van der Waals surface area contributed by atoms with Gasteiger partial charge < -0.3 is 14.8 Å². The van der Waals surface area contributed by atoms with Gasteiger partial charge in [-0.05, 0) is 0 Å². The van der Waals surface area contributed by atoms with E-state index >= 15 is 0 Å². The van der Waals surface area contributed by atoms with Crippen LogP contribution < -0.4 is 14.8 Å². The van der Waals surface area contributed by atoms with Gasteiger partial charge >= 0.3 is 0 Å². The minimum absolute atomic E-state index is 0.635. The minimum Gasteiger partial charge on any atom is -0.495 e. The lowest BCUT2D eigenvalue weighted by atomic mass is 10.2. The zero-order valence-corrected chi connectivity index (χ0v) is 10.4. The van der Waals surface area contributed by atoms with E-state index < -0.39 is 0 Å². The Balaban J connectivity index is 2.11. The topological polar surface area (TPSA) is 46.6 Å². The standard InChI is InChI=1S/C12H19N3O2/c1-16-11-8-14-12(17-2)7-10(11)9-15-5-3-13-4-6-15/h7-8,13H,3-6,9H2,1-2H3. The lowest BCUT2D eigenvalue weighted by Gasteiger charge is -2.27. The maximum absolute atomic E-state index is 5.33. The summed E-state index contributed by atoms with van der Waals surface area (Å²) >= 11 is 0. The fraction of sp³-hybridized carbons (Fsp3) is 0.583. The van der Waals surface area contributed by atoms with Gasteiger partial charge in [-0.2, -0.15) is 0 Å². The Morgan fingerprint density at radius 3 is 2.71 bits per heavy atom. The molecule has 94 valence electrons. The van der Waals surface area contributed by atoms with E-state index in [0.29, 0.717) is 5.88 Å². The third-order valence-corrected chi connectivity index (χ3v) is 2.96. The molecule has 0 amide bonds. The molecule has 2 heterocycles. The summed E-state index contributed by atoms with van der Waals surface area (Å²) in [6.45, 7) is 5.10. The summed E-state index contributed by atoms with van der Waals surface area (Å²) in [7, 11) is 3.30. The molecule has 1 aromatic rings. The van der Waals surface area contributed by atoms with Gasteiger partial charge in [-0.3, -0.25) is 4.90 Å². The average molecular weight is 237 g/mol. The van der Waals surface area contributed by atoms with Crippen molar-refractivity contribution >= 4 is 0 Å². The van der Waals surface area contributed by atoms with Crippen molar-refractivity contribution < 1.29 is 9.47 Å². The van der Waals surface area contributed by atoms with E-state index in [1.54, 1.807) is 20.4 Å². The monoisotopic (exact) mass is 237 g/mol. The molecule has 0 radical (unpaired) electrons. The van der Waals surface area contributed by atoms with Crippen molar-refractivity contribution in [3.63, 3.8) is 0 Å². The number of rotatable bonds is 4. The highest BCUT2D eigenvalue weighted by Crippen LogP contribution is 2.22. The number of aromatic nitrogens is 1. The van der Waals surface area contributed by atoms with Crippen LogP contribution in [0.4, 0.5) is 0 Å². The first kappa shape index (κ1) is 12.1. The van der Waals surface area contributed by atoms with Gasteiger partial charge in [-0.15, -0.1) is 0 Å². The molecule has 1 aromatic heterocycles. The molecule has 0 aromatic carbocycles. The van der Waals surface area contributed by atoms with E-state index in [2.05, 4.69) is 15.2 Å². The highest BCUT2D eigenvalue weighted by Gasteiger charge is 2.13. The average Bonchev–Trinajstić information content (AvgIpc) is 2.40. The summed E-state index contributed by atoms with van der Waals surface area (Å²) in [4.78, 5) is 6.54. The van der Waals surface area contributed by atoms with Gasteiger partial charge in [-0.1, -0.05) is 0 Å². The van der Waals surface area contributed by atoms with E-state index in [1.807, 2.05) is 6.07 Å². The van der Waals surface area contributed by atoms with Crippen molar-refractivity contribution in [2.45, 2.75) is 6.54 Å². The van der Waals surface area contributed by atoms with Crippen molar-refractivity contribution in [2.75, 3.05) is 40.4 Å². The van der Waals surface area contributed by atoms with Crippen LogP contribution in [0.5, 0.6) is 11.6 Å². The quantitative estimate of drug-likeness (QED) is 0.826. The van der Waals surface area contributed by atoms with Crippen LogP contribution in [0.1, 0.15) is 5.56 Å². The van der Waals surface area contributed by atoms with Crippen LogP contribution >= 0.6 is 0 Å². The van der Waals surface area contributed by atoms with Crippen LogP contribution in [-0.2, 0) is 6.54 Å². The number of pyridine rings is 1. The molecule has 0 bridgehead atoms. The molecule has 5 nitrogen and oxygen atoms in total. The second-order valence-electron chi connectivity index (χ2n) is 4.06. The van der Waals surface area contributed by atoms with Crippen molar-refractivity contribution in [3.8, 4) is 11.6 Å². The number of nitrogens with one attached hydrogen (secondary N) is 1. The van der Waals surface area contributed by atoms with E-state index in [9.17, 15) is 0 Å². The maximum atomic E-state index is 5.33. The molecular formula is C12H19N3O2. The second kappa shape index (κ2) is 5.84. The van der Waals surface area contributed by atoms with Crippen molar-refractivity contribution in [2.24, 2.45) is 0 Å². The molecule has 1 N–H and O–H groups in total. The highest BCUT2D eigenvalue weighted by atomic mass is 16.5. The third kappa shape index (κ3) is 3.08. The van der Waals surface area contributed by atoms with Gasteiger partial charge in [0.25, 0.3) is 0 Å². The molecule has 17 heavy (non-hydrogen) atoms.